The van der Waals surface area contributed by atoms with Crippen LogP contribution in [-0.4, -0.2) is 51.6 Å². The SMILES string of the molecule is CCn1cc([C@@H](CC(=O)C2CC[C@@H]3CCCC[C@H](NC(=O)[C@H](C)NC)C(=O)C23)c2ccccc2)nn1. The van der Waals surface area contributed by atoms with Crippen molar-refractivity contribution in [3.05, 3.63) is 47.8 Å². The number of ketones is 2. The number of nitrogens with one attached hydrogen (secondary N) is 2. The average molecular weight is 494 g/mol. The Balaban J connectivity index is 1.56. The molecule has 8 nitrogen and oxygen atoms in total. The number of carbonyl (C=O) groups is 3. The Labute approximate surface area is 213 Å². The second kappa shape index (κ2) is 11.9. The molecule has 0 radical (unpaired) electrons. The second-order valence-corrected chi connectivity index (χ2v) is 10.4. The highest BCUT2D eigenvalue weighted by Gasteiger charge is 2.47. The molecule has 6 atom stereocenters. The largest absolute Gasteiger partial charge is 0.345 e. The van der Waals surface area contributed by atoms with Crippen LogP contribution < -0.4 is 10.6 Å². The van der Waals surface area contributed by atoms with Gasteiger partial charge in [-0.1, -0.05) is 48.4 Å². The molecule has 1 amide bonds. The van der Waals surface area contributed by atoms with Gasteiger partial charge in [0.05, 0.1) is 17.8 Å². The molecule has 0 bridgehead atoms. The molecule has 2 aliphatic carbocycles. The molecule has 36 heavy (non-hydrogen) atoms. The summed E-state index contributed by atoms with van der Waals surface area (Å²) in [5, 5.41) is 14.5. The van der Waals surface area contributed by atoms with E-state index in [1.165, 1.54) is 0 Å². The summed E-state index contributed by atoms with van der Waals surface area (Å²) < 4.78 is 1.78. The summed E-state index contributed by atoms with van der Waals surface area (Å²) in [6.45, 7) is 4.50. The van der Waals surface area contributed by atoms with Crippen LogP contribution in [0.15, 0.2) is 36.5 Å². The molecule has 4 rings (SSSR count). The van der Waals surface area contributed by atoms with Gasteiger partial charge in [0.1, 0.15) is 5.78 Å². The van der Waals surface area contributed by atoms with Crippen LogP contribution in [0.25, 0.3) is 0 Å². The second-order valence-electron chi connectivity index (χ2n) is 10.4. The molecule has 1 aromatic carbocycles. The maximum Gasteiger partial charge on any atom is 0.237 e. The fourth-order valence-corrected chi connectivity index (χ4v) is 5.96. The maximum atomic E-state index is 13.9. The smallest absolute Gasteiger partial charge is 0.237 e. The molecular formula is C28H39N5O3. The van der Waals surface area contributed by atoms with Crippen LogP contribution in [0.5, 0.6) is 0 Å². The van der Waals surface area contributed by atoms with Crippen LogP contribution >= 0.6 is 0 Å². The number of hydrogen-bond acceptors (Lipinski definition) is 6. The van der Waals surface area contributed by atoms with Gasteiger partial charge in [-0.3, -0.25) is 19.1 Å². The molecule has 8 heteroatoms. The van der Waals surface area contributed by atoms with Gasteiger partial charge in [-0.25, -0.2) is 0 Å². The third-order valence-corrected chi connectivity index (χ3v) is 8.18. The number of likely N-dealkylation sites (N-methyl/N-ethyl adjacent to an activating group) is 1. The van der Waals surface area contributed by atoms with E-state index in [9.17, 15) is 14.4 Å². The van der Waals surface area contributed by atoms with Crippen molar-refractivity contribution >= 4 is 17.5 Å². The van der Waals surface area contributed by atoms with Crippen molar-refractivity contribution in [3.8, 4) is 0 Å². The zero-order chi connectivity index (χ0) is 25.7. The molecule has 2 N–H and O–H groups in total. The predicted octanol–water partition coefficient (Wildman–Crippen LogP) is 3.27. The van der Waals surface area contributed by atoms with Crippen LogP contribution in [0.4, 0.5) is 0 Å². The Kier molecular flexibility index (Phi) is 8.67. The van der Waals surface area contributed by atoms with Gasteiger partial charge in [0.2, 0.25) is 5.91 Å². The summed E-state index contributed by atoms with van der Waals surface area (Å²) in [6, 6.07) is 9.06. The Hall–Kier alpha value is -2.87. The van der Waals surface area contributed by atoms with Gasteiger partial charge in [0, 0.05) is 36.9 Å². The number of hydrogen-bond donors (Lipinski definition) is 2. The van der Waals surface area contributed by atoms with E-state index in [0.717, 1.165) is 43.4 Å². The monoisotopic (exact) mass is 493 g/mol. The highest BCUT2D eigenvalue weighted by atomic mass is 16.2. The summed E-state index contributed by atoms with van der Waals surface area (Å²) in [5.74, 6) is -0.634. The fourth-order valence-electron chi connectivity index (χ4n) is 5.96. The molecule has 0 spiro atoms. The lowest BCUT2D eigenvalue weighted by Crippen LogP contribution is -2.51. The minimum atomic E-state index is -0.524. The third kappa shape index (κ3) is 5.75. The highest BCUT2D eigenvalue weighted by molar-refractivity contribution is 5.96. The summed E-state index contributed by atoms with van der Waals surface area (Å²) >= 11 is 0. The molecule has 0 aliphatic heterocycles. The normalized spacial score (nSPS) is 25.9. The fraction of sp³-hybridized carbons (Fsp3) is 0.607. The number of Topliss-reactive ketones (excluding diaryl/α,β-unsaturated/α-hetero) is 2. The predicted molar refractivity (Wildman–Crippen MR) is 137 cm³/mol. The van der Waals surface area contributed by atoms with Gasteiger partial charge < -0.3 is 10.6 Å². The first kappa shape index (κ1) is 26.2. The van der Waals surface area contributed by atoms with Crippen LogP contribution in [0, 0.1) is 17.8 Å². The lowest BCUT2D eigenvalue weighted by Gasteiger charge is -2.31. The maximum absolute atomic E-state index is 13.9. The molecule has 2 fully saturated rings. The van der Waals surface area contributed by atoms with Gasteiger partial charge in [-0.2, -0.15) is 0 Å². The number of rotatable bonds is 9. The number of nitrogens with zero attached hydrogens (tertiary/aromatic N) is 3. The van der Waals surface area contributed by atoms with Crippen LogP contribution in [0.2, 0.25) is 0 Å². The molecule has 2 aromatic rings. The Morgan fingerprint density at radius 2 is 1.86 bits per heavy atom. The minimum absolute atomic E-state index is 0.0420. The summed E-state index contributed by atoms with van der Waals surface area (Å²) in [5.41, 5.74) is 1.81. The van der Waals surface area contributed by atoms with Gasteiger partial charge in [-0.05, 0) is 58.1 Å². The minimum Gasteiger partial charge on any atom is -0.345 e. The van der Waals surface area contributed by atoms with Crippen molar-refractivity contribution < 1.29 is 14.4 Å². The van der Waals surface area contributed by atoms with Crippen molar-refractivity contribution in [2.24, 2.45) is 17.8 Å². The molecule has 1 heterocycles. The van der Waals surface area contributed by atoms with Crippen LogP contribution in [0.1, 0.15) is 76.0 Å². The third-order valence-electron chi connectivity index (χ3n) is 8.18. The van der Waals surface area contributed by atoms with E-state index in [1.807, 2.05) is 43.5 Å². The molecular weight excluding hydrogens is 454 g/mol. The number of amides is 1. The first-order chi connectivity index (χ1) is 17.4. The van der Waals surface area contributed by atoms with Gasteiger partial charge in [-0.15, -0.1) is 5.10 Å². The number of benzene rings is 1. The summed E-state index contributed by atoms with van der Waals surface area (Å²) in [6.07, 6.45) is 7.38. The van der Waals surface area contributed by atoms with Crippen molar-refractivity contribution in [3.63, 3.8) is 0 Å². The van der Waals surface area contributed by atoms with Gasteiger partial charge in [0.15, 0.2) is 5.78 Å². The Morgan fingerprint density at radius 3 is 2.56 bits per heavy atom. The first-order valence-corrected chi connectivity index (χ1v) is 13.4. The summed E-state index contributed by atoms with van der Waals surface area (Å²) in [4.78, 5) is 40.2. The molecule has 1 aromatic heterocycles. The number of aromatic nitrogens is 3. The van der Waals surface area contributed by atoms with Crippen molar-refractivity contribution in [2.45, 2.75) is 83.3 Å². The van der Waals surface area contributed by atoms with E-state index < -0.39 is 6.04 Å². The quantitative estimate of drug-likeness (QED) is 0.555. The van der Waals surface area contributed by atoms with E-state index in [-0.39, 0.29) is 47.2 Å². The van der Waals surface area contributed by atoms with E-state index >= 15 is 0 Å². The molecule has 0 saturated heterocycles. The first-order valence-electron chi connectivity index (χ1n) is 13.4. The topological polar surface area (TPSA) is 106 Å². The average Bonchev–Trinajstić information content (AvgIpc) is 3.54. The Morgan fingerprint density at radius 1 is 1.11 bits per heavy atom. The lowest BCUT2D eigenvalue weighted by molar-refractivity contribution is -0.136. The van der Waals surface area contributed by atoms with E-state index in [0.29, 0.717) is 19.4 Å². The number of carbonyl (C=O) groups excluding carboxylic acids is 3. The lowest BCUT2D eigenvalue weighted by atomic mass is 9.75. The number of aryl methyl sites for hydroxylation is 1. The summed E-state index contributed by atoms with van der Waals surface area (Å²) in [7, 11) is 1.73. The highest BCUT2D eigenvalue weighted by Crippen LogP contribution is 2.44. The van der Waals surface area contributed by atoms with Crippen molar-refractivity contribution in [1.82, 2.24) is 25.6 Å². The van der Waals surface area contributed by atoms with Crippen LogP contribution in [0.3, 0.4) is 0 Å². The molecule has 2 saturated carbocycles. The van der Waals surface area contributed by atoms with E-state index in [2.05, 4.69) is 20.9 Å². The number of fused-ring (bicyclic) bond motifs is 1. The zero-order valence-electron chi connectivity index (χ0n) is 21.7. The van der Waals surface area contributed by atoms with E-state index in [1.54, 1.807) is 18.7 Å². The van der Waals surface area contributed by atoms with Gasteiger partial charge in [0.25, 0.3) is 0 Å². The van der Waals surface area contributed by atoms with Crippen molar-refractivity contribution in [2.75, 3.05) is 7.05 Å². The molecule has 2 aliphatic rings. The van der Waals surface area contributed by atoms with Crippen LogP contribution in [-0.2, 0) is 20.9 Å². The van der Waals surface area contributed by atoms with Crippen molar-refractivity contribution in [1.29, 1.82) is 0 Å². The molecule has 2 unspecified atom stereocenters. The standard InChI is InChI=1S/C28H39N5O3/c1-4-33-17-24(31-32-33)22(19-10-6-5-7-11-19)16-25(34)21-15-14-20-12-8-9-13-23(27(35)26(20)21)30-28(36)18(2)29-3/h5-7,10-11,17-18,20-23,26,29H,4,8-9,12-16H2,1-3H3,(H,30,36)/t18-,20-,21?,22-,23-,26?/m0/s1. The Bertz CT molecular complexity index is 1050. The van der Waals surface area contributed by atoms with Gasteiger partial charge >= 0.3 is 0 Å². The molecule has 194 valence electrons. The zero-order valence-corrected chi connectivity index (χ0v) is 21.7. The van der Waals surface area contributed by atoms with E-state index in [4.69, 9.17) is 0 Å².